The number of guanidine groups is 1. The Labute approximate surface area is 175 Å². The maximum absolute atomic E-state index is 5.62. The van der Waals surface area contributed by atoms with Crippen molar-refractivity contribution in [1.82, 2.24) is 15.6 Å². The lowest BCUT2D eigenvalue weighted by Gasteiger charge is -2.30. The second-order valence-electron chi connectivity index (χ2n) is 6.95. The first kappa shape index (κ1) is 23.2. The highest BCUT2D eigenvalue weighted by atomic mass is 127. The van der Waals surface area contributed by atoms with Crippen molar-refractivity contribution in [3.05, 3.63) is 17.3 Å². The number of aryl methyl sites for hydroxylation is 2. The average Bonchev–Trinajstić information content (AvgIpc) is 3.18. The number of oxazole rings is 1. The number of hydrogen-bond donors (Lipinski definition) is 2. The number of rotatable bonds is 9. The van der Waals surface area contributed by atoms with Crippen LogP contribution in [0.25, 0.3) is 0 Å². The van der Waals surface area contributed by atoms with Crippen molar-refractivity contribution in [3.8, 4) is 0 Å². The Morgan fingerprint density at radius 2 is 1.96 bits per heavy atom. The van der Waals surface area contributed by atoms with Crippen LogP contribution >= 0.6 is 24.0 Å². The molecule has 1 heterocycles. The minimum Gasteiger partial charge on any atom is -0.444 e. The molecule has 0 saturated heterocycles. The van der Waals surface area contributed by atoms with E-state index < -0.39 is 0 Å². The fourth-order valence-corrected chi connectivity index (χ4v) is 3.44. The maximum atomic E-state index is 5.62. The molecule has 0 radical (unpaired) electrons. The number of hydrogen-bond acceptors (Lipinski definition) is 4. The molecule has 1 fully saturated rings. The molecule has 0 bridgehead atoms. The first-order valence-electron chi connectivity index (χ1n) is 9.61. The molecule has 1 aliphatic rings. The summed E-state index contributed by atoms with van der Waals surface area (Å²) in [6, 6.07) is 0. The van der Waals surface area contributed by atoms with E-state index in [4.69, 9.17) is 9.15 Å². The Morgan fingerprint density at radius 3 is 2.54 bits per heavy atom. The summed E-state index contributed by atoms with van der Waals surface area (Å²) in [5.74, 6) is 2.36. The third-order valence-corrected chi connectivity index (χ3v) is 5.07. The average molecular weight is 478 g/mol. The molecule has 0 aromatic carbocycles. The summed E-state index contributed by atoms with van der Waals surface area (Å²) in [6.07, 6.45) is 6.29. The molecule has 1 aromatic heterocycles. The van der Waals surface area contributed by atoms with Crippen molar-refractivity contribution in [2.24, 2.45) is 10.4 Å². The second kappa shape index (κ2) is 11.8. The molecule has 1 aliphatic carbocycles. The topological polar surface area (TPSA) is 71.7 Å². The van der Waals surface area contributed by atoms with E-state index >= 15 is 0 Å². The van der Waals surface area contributed by atoms with Crippen molar-refractivity contribution in [2.45, 2.75) is 66.3 Å². The van der Waals surface area contributed by atoms with Gasteiger partial charge in [0.1, 0.15) is 12.3 Å². The fraction of sp³-hybridized carbons (Fsp3) is 0.789. The Morgan fingerprint density at radius 1 is 1.23 bits per heavy atom. The molecule has 0 amide bonds. The predicted octanol–water partition coefficient (Wildman–Crippen LogP) is 3.95. The molecule has 0 unspecified atom stereocenters. The van der Waals surface area contributed by atoms with Gasteiger partial charge < -0.3 is 19.8 Å². The van der Waals surface area contributed by atoms with Crippen molar-refractivity contribution in [1.29, 1.82) is 0 Å². The summed E-state index contributed by atoms with van der Waals surface area (Å²) < 4.78 is 11.2. The van der Waals surface area contributed by atoms with Gasteiger partial charge in [0.05, 0.1) is 5.69 Å². The number of halogens is 1. The molecular weight excluding hydrogens is 443 g/mol. The van der Waals surface area contributed by atoms with E-state index in [-0.39, 0.29) is 24.0 Å². The summed E-state index contributed by atoms with van der Waals surface area (Å²) in [5, 5.41) is 6.86. The summed E-state index contributed by atoms with van der Waals surface area (Å²) in [5.41, 5.74) is 1.27. The molecule has 2 rings (SSSR count). The van der Waals surface area contributed by atoms with Gasteiger partial charge in [0.2, 0.25) is 5.89 Å². The number of nitrogens with one attached hydrogen (secondary N) is 2. The predicted molar refractivity (Wildman–Crippen MR) is 116 cm³/mol. The van der Waals surface area contributed by atoms with Crippen LogP contribution in [0.2, 0.25) is 0 Å². The second-order valence-corrected chi connectivity index (χ2v) is 6.95. The minimum absolute atomic E-state index is 0. The zero-order valence-corrected chi connectivity index (χ0v) is 19.0. The van der Waals surface area contributed by atoms with E-state index in [1.54, 1.807) is 0 Å². The van der Waals surface area contributed by atoms with Gasteiger partial charge in [-0.05, 0) is 52.4 Å². The lowest BCUT2D eigenvalue weighted by atomic mass is 9.83. The monoisotopic (exact) mass is 478 g/mol. The van der Waals surface area contributed by atoms with E-state index in [2.05, 4.69) is 34.5 Å². The maximum Gasteiger partial charge on any atom is 0.216 e. The van der Waals surface area contributed by atoms with Crippen LogP contribution in [0.4, 0.5) is 0 Å². The highest BCUT2D eigenvalue weighted by Gasteiger charge is 2.33. The zero-order valence-electron chi connectivity index (χ0n) is 16.7. The van der Waals surface area contributed by atoms with Gasteiger partial charge >= 0.3 is 0 Å². The molecule has 150 valence electrons. The van der Waals surface area contributed by atoms with Gasteiger partial charge in [-0.2, -0.15) is 0 Å². The lowest BCUT2D eigenvalue weighted by molar-refractivity contribution is 0.105. The minimum atomic E-state index is 0. The van der Waals surface area contributed by atoms with E-state index in [0.717, 1.165) is 50.1 Å². The van der Waals surface area contributed by atoms with Crippen molar-refractivity contribution < 1.29 is 9.15 Å². The lowest BCUT2D eigenvalue weighted by Crippen LogP contribution is -2.43. The largest absolute Gasteiger partial charge is 0.444 e. The van der Waals surface area contributed by atoms with Crippen molar-refractivity contribution in [3.63, 3.8) is 0 Å². The molecular formula is C19H35IN4O2. The Hall–Kier alpha value is -0.830. The highest BCUT2D eigenvalue weighted by molar-refractivity contribution is 14.0. The van der Waals surface area contributed by atoms with Gasteiger partial charge in [0, 0.05) is 26.3 Å². The molecule has 1 saturated carbocycles. The zero-order chi connectivity index (χ0) is 18.1. The number of ether oxygens (including phenoxy) is 1. The molecule has 2 N–H and O–H groups in total. The van der Waals surface area contributed by atoms with Crippen LogP contribution in [-0.4, -0.2) is 37.2 Å². The van der Waals surface area contributed by atoms with Gasteiger partial charge in [-0.1, -0.05) is 12.8 Å². The molecule has 6 nitrogen and oxygen atoms in total. The van der Waals surface area contributed by atoms with E-state index in [0.29, 0.717) is 17.9 Å². The summed E-state index contributed by atoms with van der Waals surface area (Å²) >= 11 is 0. The Kier molecular flexibility index (Phi) is 10.5. The van der Waals surface area contributed by atoms with Crippen LogP contribution in [-0.2, 0) is 11.3 Å². The number of aliphatic imine (C=N–C) groups is 1. The standard InChI is InChI=1S/C19H34N4O2.HI/c1-5-20-18(21-13-17-23-15(3)16(4)25-17)22-14-19(9-7-8-10-19)11-12-24-6-2;/h5-14H2,1-4H3,(H2,20,21,22);1H. The van der Waals surface area contributed by atoms with Crippen molar-refractivity contribution >= 4 is 29.9 Å². The van der Waals surface area contributed by atoms with Gasteiger partial charge in [-0.25, -0.2) is 9.98 Å². The van der Waals surface area contributed by atoms with Crippen LogP contribution in [0, 0.1) is 19.3 Å². The quantitative estimate of drug-likeness (QED) is 0.244. The fourth-order valence-electron chi connectivity index (χ4n) is 3.44. The van der Waals surface area contributed by atoms with Crippen LogP contribution in [0.1, 0.15) is 63.3 Å². The van der Waals surface area contributed by atoms with E-state index in [1.807, 2.05) is 13.8 Å². The van der Waals surface area contributed by atoms with Crippen LogP contribution in [0.3, 0.4) is 0 Å². The summed E-state index contributed by atoms with van der Waals surface area (Å²) in [7, 11) is 0. The van der Waals surface area contributed by atoms with Gasteiger partial charge in [0.25, 0.3) is 0 Å². The normalized spacial score (nSPS) is 16.4. The van der Waals surface area contributed by atoms with Crippen LogP contribution < -0.4 is 10.6 Å². The third kappa shape index (κ3) is 7.06. The third-order valence-electron chi connectivity index (χ3n) is 5.07. The van der Waals surface area contributed by atoms with Crippen LogP contribution in [0.15, 0.2) is 9.41 Å². The first-order chi connectivity index (χ1) is 12.1. The molecule has 26 heavy (non-hydrogen) atoms. The molecule has 0 atom stereocenters. The molecule has 1 aromatic rings. The Bertz CT molecular complexity index is 534. The summed E-state index contributed by atoms with van der Waals surface area (Å²) in [4.78, 5) is 9.03. The molecule has 7 heteroatoms. The number of aromatic nitrogens is 1. The number of nitrogens with zero attached hydrogens (tertiary/aromatic N) is 2. The SMILES string of the molecule is CCNC(=NCc1nc(C)c(C)o1)NCC1(CCOCC)CCCC1.I. The van der Waals surface area contributed by atoms with Gasteiger partial charge in [-0.15, -0.1) is 24.0 Å². The van der Waals surface area contributed by atoms with Gasteiger partial charge in [0.15, 0.2) is 5.96 Å². The van der Waals surface area contributed by atoms with E-state index in [9.17, 15) is 0 Å². The highest BCUT2D eigenvalue weighted by Crippen LogP contribution is 2.40. The molecule has 0 spiro atoms. The molecule has 0 aliphatic heterocycles. The van der Waals surface area contributed by atoms with Crippen molar-refractivity contribution in [2.75, 3.05) is 26.3 Å². The smallest absolute Gasteiger partial charge is 0.216 e. The van der Waals surface area contributed by atoms with Gasteiger partial charge in [-0.3, -0.25) is 0 Å². The van der Waals surface area contributed by atoms with Crippen LogP contribution in [0.5, 0.6) is 0 Å². The summed E-state index contributed by atoms with van der Waals surface area (Å²) in [6.45, 7) is 11.9. The van der Waals surface area contributed by atoms with E-state index in [1.165, 1.54) is 25.7 Å². The first-order valence-corrected chi connectivity index (χ1v) is 9.61. The Balaban J connectivity index is 0.00000338.